The Morgan fingerprint density at radius 1 is 1.04 bits per heavy atom. The van der Waals surface area contributed by atoms with Crippen LogP contribution in [0.25, 0.3) is 0 Å². The van der Waals surface area contributed by atoms with Gasteiger partial charge in [-0.25, -0.2) is 8.42 Å². The summed E-state index contributed by atoms with van der Waals surface area (Å²) in [7, 11) is -3.74. The van der Waals surface area contributed by atoms with Crippen LogP contribution in [0.15, 0.2) is 52.1 Å². The van der Waals surface area contributed by atoms with Gasteiger partial charge >= 0.3 is 5.97 Å². The number of carbonyl (C=O) groups excluding carboxylic acids is 2. The Labute approximate surface area is 167 Å². The predicted molar refractivity (Wildman–Crippen MR) is 106 cm³/mol. The summed E-state index contributed by atoms with van der Waals surface area (Å²) in [5.41, 5.74) is 1.11. The van der Waals surface area contributed by atoms with Crippen molar-refractivity contribution in [1.82, 2.24) is 9.62 Å². The van der Waals surface area contributed by atoms with E-state index >= 15 is 0 Å². The van der Waals surface area contributed by atoms with Gasteiger partial charge < -0.3 is 14.5 Å². The first-order valence-corrected chi connectivity index (χ1v) is 11.1. The molecule has 0 saturated carbocycles. The number of sulfonamides is 1. The number of anilines is 1. The lowest BCUT2D eigenvalue weighted by Crippen LogP contribution is -2.50. The van der Waals surface area contributed by atoms with Crippen LogP contribution in [0.5, 0.6) is 0 Å². The van der Waals surface area contributed by atoms with Crippen LogP contribution in [0.1, 0.15) is 0 Å². The zero-order valence-electron chi connectivity index (χ0n) is 15.1. The molecule has 150 valence electrons. The van der Waals surface area contributed by atoms with Gasteiger partial charge in [0.25, 0.3) is 15.9 Å². The number of hydrogen-bond donors (Lipinski definition) is 1. The maximum absolute atomic E-state index is 12.2. The van der Waals surface area contributed by atoms with Gasteiger partial charge in [0.05, 0.1) is 0 Å². The van der Waals surface area contributed by atoms with Crippen LogP contribution in [0.2, 0.25) is 0 Å². The molecule has 0 bridgehead atoms. The van der Waals surface area contributed by atoms with Crippen LogP contribution < -0.4 is 9.62 Å². The molecule has 8 nitrogen and oxygen atoms in total. The molecule has 1 fully saturated rings. The quantitative estimate of drug-likeness (QED) is 0.666. The number of nitrogens with zero attached hydrogens (tertiary/aromatic N) is 2. The number of benzene rings is 1. The van der Waals surface area contributed by atoms with Crippen LogP contribution in [0, 0.1) is 0 Å². The molecule has 10 heteroatoms. The lowest BCUT2D eigenvalue weighted by Gasteiger charge is -2.36. The number of piperazine rings is 1. The van der Waals surface area contributed by atoms with E-state index in [-0.39, 0.29) is 10.1 Å². The second kappa shape index (κ2) is 9.18. The fraction of sp³-hybridized carbons (Fsp3) is 0.333. The van der Waals surface area contributed by atoms with Gasteiger partial charge in [-0.1, -0.05) is 24.3 Å². The molecule has 0 atom stereocenters. The molecule has 1 aliphatic heterocycles. The molecule has 2 aromatic rings. The van der Waals surface area contributed by atoms with Gasteiger partial charge in [-0.15, -0.1) is 11.3 Å². The maximum Gasteiger partial charge on any atom is 0.321 e. The largest absolute Gasteiger partial charge is 0.455 e. The minimum Gasteiger partial charge on any atom is -0.455 e. The molecule has 1 aliphatic rings. The van der Waals surface area contributed by atoms with E-state index in [2.05, 4.69) is 9.62 Å². The SMILES string of the molecule is O=C(CNS(=O)(=O)c1cccs1)OCC(=O)N1CCN(c2ccccc2)CC1. The maximum atomic E-state index is 12.2. The van der Waals surface area contributed by atoms with Crippen molar-refractivity contribution in [2.75, 3.05) is 44.2 Å². The van der Waals surface area contributed by atoms with Crippen molar-refractivity contribution in [3.05, 3.63) is 47.8 Å². The Hall–Kier alpha value is -2.43. The summed E-state index contributed by atoms with van der Waals surface area (Å²) in [6.07, 6.45) is 0. The van der Waals surface area contributed by atoms with Crippen LogP contribution >= 0.6 is 11.3 Å². The highest BCUT2D eigenvalue weighted by Gasteiger charge is 2.23. The molecule has 0 spiro atoms. The summed E-state index contributed by atoms with van der Waals surface area (Å²) in [6, 6.07) is 13.0. The average molecular weight is 424 g/mol. The number of thiophene rings is 1. The third-order valence-electron chi connectivity index (χ3n) is 4.28. The van der Waals surface area contributed by atoms with E-state index in [9.17, 15) is 18.0 Å². The molecule has 0 radical (unpaired) electrons. The number of para-hydroxylation sites is 1. The molecular formula is C18H21N3O5S2. The highest BCUT2D eigenvalue weighted by atomic mass is 32.2. The van der Waals surface area contributed by atoms with E-state index in [0.29, 0.717) is 26.2 Å². The topological polar surface area (TPSA) is 96.0 Å². The van der Waals surface area contributed by atoms with E-state index in [4.69, 9.17) is 4.74 Å². The molecule has 2 heterocycles. The Balaban J connectivity index is 1.39. The minimum atomic E-state index is -3.74. The summed E-state index contributed by atoms with van der Waals surface area (Å²) >= 11 is 1.05. The summed E-state index contributed by atoms with van der Waals surface area (Å²) in [6.45, 7) is 1.56. The summed E-state index contributed by atoms with van der Waals surface area (Å²) < 4.78 is 31.1. The molecule has 0 aliphatic carbocycles. The zero-order valence-corrected chi connectivity index (χ0v) is 16.7. The highest BCUT2D eigenvalue weighted by molar-refractivity contribution is 7.91. The lowest BCUT2D eigenvalue weighted by molar-refractivity contribution is -0.151. The van der Waals surface area contributed by atoms with E-state index in [1.807, 2.05) is 30.3 Å². The Bertz CT molecular complexity index is 893. The van der Waals surface area contributed by atoms with Crippen LogP contribution in [0.4, 0.5) is 5.69 Å². The van der Waals surface area contributed by atoms with Crippen molar-refractivity contribution < 1.29 is 22.7 Å². The van der Waals surface area contributed by atoms with E-state index in [0.717, 1.165) is 17.0 Å². The van der Waals surface area contributed by atoms with Crippen molar-refractivity contribution in [2.45, 2.75) is 4.21 Å². The molecule has 1 amide bonds. The van der Waals surface area contributed by atoms with Crippen molar-refractivity contribution in [1.29, 1.82) is 0 Å². The highest BCUT2D eigenvalue weighted by Crippen LogP contribution is 2.16. The number of nitrogens with one attached hydrogen (secondary N) is 1. The lowest BCUT2D eigenvalue weighted by atomic mass is 10.2. The van der Waals surface area contributed by atoms with Crippen molar-refractivity contribution in [2.24, 2.45) is 0 Å². The smallest absolute Gasteiger partial charge is 0.321 e. The first kappa shape index (κ1) is 20.3. The average Bonchev–Trinajstić information content (AvgIpc) is 3.27. The first-order chi connectivity index (χ1) is 13.5. The van der Waals surface area contributed by atoms with Gasteiger partial charge in [-0.05, 0) is 23.6 Å². The number of esters is 1. The van der Waals surface area contributed by atoms with Crippen LogP contribution in [0.3, 0.4) is 0 Å². The number of rotatable bonds is 7. The molecule has 0 unspecified atom stereocenters. The van der Waals surface area contributed by atoms with Gasteiger partial charge in [0.15, 0.2) is 6.61 Å². The predicted octanol–water partition coefficient (Wildman–Crippen LogP) is 0.918. The summed E-state index contributed by atoms with van der Waals surface area (Å²) in [5.74, 6) is -1.08. The molecule has 1 aromatic carbocycles. The third kappa shape index (κ3) is 5.31. The van der Waals surface area contributed by atoms with Crippen molar-refractivity contribution in [3.8, 4) is 0 Å². The number of ether oxygens (including phenoxy) is 1. The molecule has 28 heavy (non-hydrogen) atoms. The fourth-order valence-electron chi connectivity index (χ4n) is 2.78. The van der Waals surface area contributed by atoms with Gasteiger partial charge in [0, 0.05) is 31.9 Å². The Morgan fingerprint density at radius 2 is 1.75 bits per heavy atom. The fourth-order valence-corrected chi connectivity index (χ4v) is 4.79. The standard InChI is InChI=1S/C18H21N3O5S2/c22-16(21-10-8-20(9-11-21)15-5-2-1-3-6-15)14-26-17(23)13-19-28(24,25)18-7-4-12-27-18/h1-7,12,19H,8-11,13-14H2. The van der Waals surface area contributed by atoms with Gasteiger partial charge in [0.1, 0.15) is 10.8 Å². The van der Waals surface area contributed by atoms with Crippen molar-refractivity contribution in [3.63, 3.8) is 0 Å². The zero-order chi connectivity index (χ0) is 20.0. The first-order valence-electron chi connectivity index (χ1n) is 8.72. The Kier molecular flexibility index (Phi) is 6.65. The molecule has 1 N–H and O–H groups in total. The van der Waals surface area contributed by atoms with E-state index < -0.39 is 29.1 Å². The summed E-state index contributed by atoms with van der Waals surface area (Å²) in [5, 5.41) is 1.63. The van der Waals surface area contributed by atoms with Crippen LogP contribution in [-0.2, 0) is 24.3 Å². The number of hydrogen-bond acceptors (Lipinski definition) is 7. The van der Waals surface area contributed by atoms with Crippen molar-refractivity contribution >= 4 is 38.9 Å². The van der Waals surface area contributed by atoms with Gasteiger partial charge in [0.2, 0.25) is 0 Å². The van der Waals surface area contributed by atoms with Crippen LogP contribution in [-0.4, -0.2) is 64.5 Å². The molecule has 1 saturated heterocycles. The second-order valence-corrected chi connectivity index (χ2v) is 9.06. The third-order valence-corrected chi connectivity index (χ3v) is 7.08. The van der Waals surface area contributed by atoms with E-state index in [1.54, 1.807) is 16.3 Å². The summed E-state index contributed by atoms with van der Waals surface area (Å²) in [4.78, 5) is 27.8. The normalized spacial score (nSPS) is 14.7. The van der Waals surface area contributed by atoms with E-state index in [1.165, 1.54) is 6.07 Å². The number of carbonyl (C=O) groups is 2. The molecular weight excluding hydrogens is 402 g/mol. The second-order valence-electron chi connectivity index (χ2n) is 6.12. The van der Waals surface area contributed by atoms with Gasteiger partial charge in [-0.2, -0.15) is 4.72 Å². The molecule has 1 aromatic heterocycles. The number of amides is 1. The Morgan fingerprint density at radius 3 is 2.39 bits per heavy atom. The monoisotopic (exact) mass is 423 g/mol. The van der Waals surface area contributed by atoms with Gasteiger partial charge in [-0.3, -0.25) is 9.59 Å². The minimum absolute atomic E-state index is 0.118. The molecule has 3 rings (SSSR count).